The summed E-state index contributed by atoms with van der Waals surface area (Å²) >= 11 is 0. The number of hydrogen-bond acceptors (Lipinski definition) is 1. The maximum atomic E-state index is 5.59. The van der Waals surface area contributed by atoms with Gasteiger partial charge in [0.05, 0.1) is 7.11 Å². The fourth-order valence-corrected chi connectivity index (χ4v) is 3.29. The predicted molar refractivity (Wildman–Crippen MR) is 76.5 cm³/mol. The van der Waals surface area contributed by atoms with Gasteiger partial charge in [0, 0.05) is 5.39 Å². The summed E-state index contributed by atoms with van der Waals surface area (Å²) in [4.78, 5) is 0. The van der Waals surface area contributed by atoms with E-state index < -0.39 is 0 Å². The number of methoxy groups -OCH3 is 1. The summed E-state index contributed by atoms with van der Waals surface area (Å²) in [6.45, 7) is 4.69. The Hall–Kier alpha value is -1.50. The van der Waals surface area contributed by atoms with Crippen LogP contribution in [0.5, 0.6) is 5.75 Å². The minimum absolute atomic E-state index is 0.269. The molecule has 1 nitrogen and oxygen atoms in total. The minimum atomic E-state index is 0.269. The van der Waals surface area contributed by atoms with Gasteiger partial charge < -0.3 is 4.74 Å². The topological polar surface area (TPSA) is 9.23 Å². The first-order valence-electron chi connectivity index (χ1n) is 6.72. The van der Waals surface area contributed by atoms with Crippen molar-refractivity contribution in [3.63, 3.8) is 0 Å². The van der Waals surface area contributed by atoms with Crippen molar-refractivity contribution in [3.8, 4) is 5.75 Å². The van der Waals surface area contributed by atoms with Gasteiger partial charge in [-0.1, -0.05) is 38.1 Å². The molecule has 1 aliphatic rings. The average Bonchev–Trinajstić information content (AvgIpc) is 2.38. The maximum absolute atomic E-state index is 5.59. The molecule has 0 aliphatic heterocycles. The van der Waals surface area contributed by atoms with E-state index in [1.807, 2.05) is 0 Å². The number of fused-ring (bicyclic) bond motifs is 3. The highest BCUT2D eigenvalue weighted by Gasteiger charge is 2.29. The first-order valence-corrected chi connectivity index (χ1v) is 6.72. The standard InChI is InChI=1S/C17H20O/c1-17(2)10-6-9-13-12-7-4-5-8-14(12)16(18-3)11-15(13)17/h4-5,7-8,11H,6,9-10H2,1-3H3. The van der Waals surface area contributed by atoms with Crippen LogP contribution in [-0.4, -0.2) is 7.11 Å². The van der Waals surface area contributed by atoms with E-state index in [1.54, 1.807) is 7.11 Å². The van der Waals surface area contributed by atoms with Crippen LogP contribution in [0, 0.1) is 0 Å². The Balaban J connectivity index is 2.39. The molecular formula is C17H20O. The van der Waals surface area contributed by atoms with Gasteiger partial charge in [-0.2, -0.15) is 0 Å². The number of benzene rings is 2. The molecule has 0 saturated carbocycles. The number of aryl methyl sites for hydroxylation is 1. The van der Waals surface area contributed by atoms with Crippen LogP contribution in [0.4, 0.5) is 0 Å². The minimum Gasteiger partial charge on any atom is -0.496 e. The second-order valence-electron chi connectivity index (χ2n) is 5.89. The molecular weight excluding hydrogens is 220 g/mol. The van der Waals surface area contributed by atoms with E-state index in [9.17, 15) is 0 Å². The van der Waals surface area contributed by atoms with Gasteiger partial charge in [0.1, 0.15) is 5.75 Å². The Morgan fingerprint density at radius 1 is 1.11 bits per heavy atom. The second kappa shape index (κ2) is 4.01. The molecule has 0 radical (unpaired) electrons. The Kier molecular flexibility index (Phi) is 2.58. The normalized spacial score (nSPS) is 17.5. The maximum Gasteiger partial charge on any atom is 0.126 e. The molecule has 0 bridgehead atoms. The lowest BCUT2D eigenvalue weighted by atomic mass is 9.71. The van der Waals surface area contributed by atoms with Crippen LogP contribution in [0.25, 0.3) is 10.8 Å². The Morgan fingerprint density at radius 2 is 1.83 bits per heavy atom. The molecule has 0 aromatic heterocycles. The monoisotopic (exact) mass is 240 g/mol. The largest absolute Gasteiger partial charge is 0.496 e. The summed E-state index contributed by atoms with van der Waals surface area (Å²) in [5.41, 5.74) is 3.28. The van der Waals surface area contributed by atoms with Crippen molar-refractivity contribution in [2.24, 2.45) is 0 Å². The first-order chi connectivity index (χ1) is 8.63. The van der Waals surface area contributed by atoms with E-state index in [4.69, 9.17) is 4.74 Å². The zero-order valence-electron chi connectivity index (χ0n) is 11.4. The molecule has 0 N–H and O–H groups in total. The fraction of sp³-hybridized carbons (Fsp3) is 0.412. The zero-order valence-corrected chi connectivity index (χ0v) is 11.4. The second-order valence-corrected chi connectivity index (χ2v) is 5.89. The van der Waals surface area contributed by atoms with E-state index in [2.05, 4.69) is 44.2 Å². The Morgan fingerprint density at radius 3 is 2.56 bits per heavy atom. The summed E-state index contributed by atoms with van der Waals surface area (Å²) in [5.74, 6) is 1.01. The van der Waals surface area contributed by atoms with Crippen molar-refractivity contribution in [2.45, 2.75) is 38.5 Å². The lowest BCUT2D eigenvalue weighted by Gasteiger charge is -2.34. The molecule has 2 aromatic rings. The molecule has 0 fully saturated rings. The lowest BCUT2D eigenvalue weighted by molar-refractivity contribution is 0.407. The SMILES string of the molecule is COc1cc2c(c3ccccc13)CCCC2(C)C. The highest BCUT2D eigenvalue weighted by atomic mass is 16.5. The molecule has 2 aromatic carbocycles. The summed E-state index contributed by atoms with van der Waals surface area (Å²) in [7, 11) is 1.77. The molecule has 0 saturated heterocycles. The van der Waals surface area contributed by atoms with E-state index in [1.165, 1.54) is 41.2 Å². The van der Waals surface area contributed by atoms with E-state index in [0.29, 0.717) is 0 Å². The number of hydrogen-bond donors (Lipinski definition) is 0. The third-order valence-electron chi connectivity index (χ3n) is 4.30. The lowest BCUT2D eigenvalue weighted by Crippen LogP contribution is -2.24. The van der Waals surface area contributed by atoms with Crippen LogP contribution < -0.4 is 4.74 Å². The van der Waals surface area contributed by atoms with Gasteiger partial charge in [-0.25, -0.2) is 0 Å². The molecule has 3 rings (SSSR count). The van der Waals surface area contributed by atoms with Crippen LogP contribution in [0.3, 0.4) is 0 Å². The van der Waals surface area contributed by atoms with Gasteiger partial charge in [0.25, 0.3) is 0 Å². The number of ether oxygens (including phenoxy) is 1. The quantitative estimate of drug-likeness (QED) is 0.715. The molecule has 1 aliphatic carbocycles. The molecule has 94 valence electrons. The molecule has 0 unspecified atom stereocenters. The third-order valence-corrected chi connectivity index (χ3v) is 4.30. The highest BCUT2D eigenvalue weighted by Crippen LogP contribution is 2.43. The number of rotatable bonds is 1. The highest BCUT2D eigenvalue weighted by molar-refractivity contribution is 5.92. The summed E-state index contributed by atoms with van der Waals surface area (Å²) < 4.78 is 5.59. The van der Waals surface area contributed by atoms with Gasteiger partial charge in [-0.15, -0.1) is 0 Å². The molecule has 1 heteroatoms. The molecule has 18 heavy (non-hydrogen) atoms. The van der Waals surface area contributed by atoms with Gasteiger partial charge in [0.2, 0.25) is 0 Å². The van der Waals surface area contributed by atoms with Gasteiger partial charge >= 0.3 is 0 Å². The molecule has 0 heterocycles. The summed E-state index contributed by atoms with van der Waals surface area (Å²) in [6, 6.07) is 10.9. The summed E-state index contributed by atoms with van der Waals surface area (Å²) in [6.07, 6.45) is 3.75. The van der Waals surface area contributed by atoms with Crippen molar-refractivity contribution < 1.29 is 4.74 Å². The molecule has 0 amide bonds. The van der Waals surface area contributed by atoms with Crippen LogP contribution in [0.2, 0.25) is 0 Å². The van der Waals surface area contributed by atoms with Crippen molar-refractivity contribution in [2.75, 3.05) is 7.11 Å². The van der Waals surface area contributed by atoms with Crippen LogP contribution in [0.15, 0.2) is 30.3 Å². The van der Waals surface area contributed by atoms with Gasteiger partial charge in [-0.3, -0.25) is 0 Å². The zero-order chi connectivity index (χ0) is 12.8. The first kappa shape index (κ1) is 11.6. The van der Waals surface area contributed by atoms with Gasteiger partial charge in [-0.05, 0) is 47.3 Å². The predicted octanol–water partition coefficient (Wildman–Crippen LogP) is 4.46. The smallest absolute Gasteiger partial charge is 0.126 e. The van der Waals surface area contributed by atoms with E-state index >= 15 is 0 Å². The molecule has 0 spiro atoms. The van der Waals surface area contributed by atoms with Crippen LogP contribution >= 0.6 is 0 Å². The Bertz CT molecular complexity index is 596. The van der Waals surface area contributed by atoms with E-state index in [-0.39, 0.29) is 5.41 Å². The van der Waals surface area contributed by atoms with Gasteiger partial charge in [0.15, 0.2) is 0 Å². The molecule has 0 atom stereocenters. The van der Waals surface area contributed by atoms with Crippen LogP contribution in [0.1, 0.15) is 37.8 Å². The van der Waals surface area contributed by atoms with E-state index in [0.717, 1.165) is 5.75 Å². The fourth-order valence-electron chi connectivity index (χ4n) is 3.29. The third kappa shape index (κ3) is 1.61. The van der Waals surface area contributed by atoms with Crippen molar-refractivity contribution in [3.05, 3.63) is 41.5 Å². The van der Waals surface area contributed by atoms with Crippen molar-refractivity contribution in [1.29, 1.82) is 0 Å². The Labute approximate surface area is 109 Å². The average molecular weight is 240 g/mol. The summed E-state index contributed by atoms with van der Waals surface area (Å²) in [5, 5.41) is 2.62. The van der Waals surface area contributed by atoms with Crippen LogP contribution in [-0.2, 0) is 11.8 Å². The van der Waals surface area contributed by atoms with Crippen molar-refractivity contribution >= 4 is 10.8 Å². The van der Waals surface area contributed by atoms with Crippen molar-refractivity contribution in [1.82, 2.24) is 0 Å².